The van der Waals surface area contributed by atoms with Crippen molar-refractivity contribution in [1.82, 2.24) is 14.8 Å². The number of fused-ring (bicyclic) bond motifs is 1. The molecule has 0 radical (unpaired) electrons. The molecular weight excluding hydrogens is 340 g/mol. The zero-order valence-corrected chi connectivity index (χ0v) is 15.4. The SMILES string of the molecule is CC1=NN(c2ccc(C(=O)C(C#N)c3nnc4n3CCCCC4)cc2)CC1. The number of aryl methyl sites for hydroxylation is 1. The molecule has 2 aromatic rings. The molecule has 0 bridgehead atoms. The molecule has 27 heavy (non-hydrogen) atoms. The van der Waals surface area contributed by atoms with Gasteiger partial charge < -0.3 is 4.57 Å². The van der Waals surface area contributed by atoms with Crippen LogP contribution in [-0.4, -0.2) is 32.8 Å². The highest BCUT2D eigenvalue weighted by molar-refractivity contribution is 6.02. The second-order valence-electron chi connectivity index (χ2n) is 7.12. The van der Waals surface area contributed by atoms with Crippen LogP contribution < -0.4 is 5.01 Å². The summed E-state index contributed by atoms with van der Waals surface area (Å²) >= 11 is 0. The maximum atomic E-state index is 13.0. The summed E-state index contributed by atoms with van der Waals surface area (Å²) in [5.41, 5.74) is 2.57. The lowest BCUT2D eigenvalue weighted by atomic mass is 9.97. The van der Waals surface area contributed by atoms with Crippen molar-refractivity contribution in [3.8, 4) is 6.07 Å². The normalized spacial score (nSPS) is 17.6. The van der Waals surface area contributed by atoms with Crippen molar-refractivity contribution in [3.05, 3.63) is 41.5 Å². The Morgan fingerprint density at radius 2 is 1.93 bits per heavy atom. The van der Waals surface area contributed by atoms with Crippen molar-refractivity contribution in [2.75, 3.05) is 11.6 Å². The average molecular weight is 362 g/mol. The second kappa shape index (κ2) is 7.31. The number of ketones is 1. The summed E-state index contributed by atoms with van der Waals surface area (Å²) in [4.78, 5) is 13.0. The molecule has 4 rings (SSSR count). The molecule has 1 unspecified atom stereocenters. The number of hydrazone groups is 1. The van der Waals surface area contributed by atoms with Crippen LogP contribution in [0, 0.1) is 11.3 Å². The fourth-order valence-electron chi connectivity index (χ4n) is 3.68. The standard InChI is InChI=1S/C20H22N6O/c1-14-10-12-26(24-14)16-8-6-15(7-9-16)19(27)17(13-21)20-23-22-18-5-3-2-4-11-25(18)20/h6-9,17H,2-5,10-12H2,1H3. The molecule has 2 aliphatic rings. The van der Waals surface area contributed by atoms with E-state index in [0.29, 0.717) is 11.4 Å². The summed E-state index contributed by atoms with van der Waals surface area (Å²) in [6.07, 6.45) is 5.03. The number of carbonyl (C=O) groups excluding carboxylic acids is 1. The molecule has 0 N–H and O–H groups in total. The summed E-state index contributed by atoms with van der Waals surface area (Å²) in [5.74, 6) is 0.197. The van der Waals surface area contributed by atoms with Gasteiger partial charge in [0.1, 0.15) is 5.82 Å². The van der Waals surface area contributed by atoms with Crippen molar-refractivity contribution in [2.24, 2.45) is 5.10 Å². The predicted octanol–water partition coefficient (Wildman–Crippen LogP) is 3.08. The third-order valence-electron chi connectivity index (χ3n) is 5.21. The Hall–Kier alpha value is -3.01. The smallest absolute Gasteiger partial charge is 0.187 e. The van der Waals surface area contributed by atoms with Gasteiger partial charge >= 0.3 is 0 Å². The van der Waals surface area contributed by atoms with Gasteiger partial charge in [-0.15, -0.1) is 10.2 Å². The third-order valence-corrected chi connectivity index (χ3v) is 5.21. The van der Waals surface area contributed by atoms with E-state index in [4.69, 9.17) is 0 Å². The van der Waals surface area contributed by atoms with E-state index < -0.39 is 5.92 Å². The number of nitriles is 1. The van der Waals surface area contributed by atoms with Crippen LogP contribution in [0.4, 0.5) is 5.69 Å². The number of carbonyl (C=O) groups is 1. The first-order valence-corrected chi connectivity index (χ1v) is 9.45. The number of rotatable bonds is 4. The summed E-state index contributed by atoms with van der Waals surface area (Å²) < 4.78 is 1.97. The molecule has 138 valence electrons. The number of Topliss-reactive ketones (excluding diaryl/α,β-unsaturated/α-hetero) is 1. The molecule has 0 fully saturated rings. The molecule has 7 nitrogen and oxygen atoms in total. The number of aromatic nitrogens is 3. The van der Waals surface area contributed by atoms with E-state index in [1.807, 2.05) is 28.6 Å². The maximum absolute atomic E-state index is 13.0. The lowest BCUT2D eigenvalue weighted by Crippen LogP contribution is -2.18. The lowest BCUT2D eigenvalue weighted by molar-refractivity contribution is 0.0974. The molecule has 7 heteroatoms. The predicted molar refractivity (Wildman–Crippen MR) is 102 cm³/mol. The van der Waals surface area contributed by atoms with E-state index in [9.17, 15) is 10.1 Å². The van der Waals surface area contributed by atoms with Gasteiger partial charge in [0.05, 0.1) is 11.8 Å². The summed E-state index contributed by atoms with van der Waals surface area (Å²) in [5, 5.41) is 24.5. The van der Waals surface area contributed by atoms with Gasteiger partial charge in [0, 0.05) is 37.2 Å². The van der Waals surface area contributed by atoms with Crippen molar-refractivity contribution in [1.29, 1.82) is 5.26 Å². The van der Waals surface area contributed by atoms with E-state index >= 15 is 0 Å². The van der Waals surface area contributed by atoms with Crippen LogP contribution >= 0.6 is 0 Å². The molecule has 1 aromatic carbocycles. The first-order valence-electron chi connectivity index (χ1n) is 9.45. The van der Waals surface area contributed by atoms with Crippen molar-refractivity contribution < 1.29 is 4.79 Å². The highest BCUT2D eigenvalue weighted by atomic mass is 16.1. The fourth-order valence-corrected chi connectivity index (χ4v) is 3.68. The first kappa shape index (κ1) is 17.4. The fraction of sp³-hybridized carbons (Fsp3) is 0.450. The molecule has 0 amide bonds. The molecule has 1 atom stereocenters. The van der Waals surface area contributed by atoms with Crippen molar-refractivity contribution in [2.45, 2.75) is 51.5 Å². The highest BCUT2D eigenvalue weighted by Crippen LogP contribution is 2.25. The summed E-state index contributed by atoms with van der Waals surface area (Å²) in [6, 6.07) is 9.45. The number of benzene rings is 1. The summed E-state index contributed by atoms with van der Waals surface area (Å²) in [7, 11) is 0. The van der Waals surface area contributed by atoms with Crippen LogP contribution in [0.25, 0.3) is 0 Å². The maximum Gasteiger partial charge on any atom is 0.187 e. The minimum absolute atomic E-state index is 0.232. The monoisotopic (exact) mass is 362 g/mol. The van der Waals surface area contributed by atoms with Gasteiger partial charge in [-0.05, 0) is 44.0 Å². The van der Waals surface area contributed by atoms with Crippen LogP contribution in [0.15, 0.2) is 29.4 Å². The van der Waals surface area contributed by atoms with Gasteiger partial charge in [-0.2, -0.15) is 10.4 Å². The van der Waals surface area contributed by atoms with E-state index in [1.165, 1.54) is 0 Å². The Labute approximate surface area is 158 Å². The Morgan fingerprint density at radius 1 is 1.11 bits per heavy atom. The second-order valence-corrected chi connectivity index (χ2v) is 7.12. The van der Waals surface area contributed by atoms with Gasteiger partial charge in [0.15, 0.2) is 17.5 Å². The molecule has 0 saturated heterocycles. The van der Waals surface area contributed by atoms with E-state index in [1.54, 1.807) is 12.1 Å². The largest absolute Gasteiger partial charge is 0.313 e. The molecule has 0 aliphatic carbocycles. The molecular formula is C20H22N6O. The molecule has 3 heterocycles. The number of anilines is 1. The molecule has 2 aliphatic heterocycles. The quantitative estimate of drug-likeness (QED) is 0.780. The van der Waals surface area contributed by atoms with Gasteiger partial charge in [-0.25, -0.2) is 0 Å². The first-order chi connectivity index (χ1) is 13.2. The molecule has 0 spiro atoms. The lowest BCUT2D eigenvalue weighted by Gasteiger charge is -2.15. The van der Waals surface area contributed by atoms with E-state index in [2.05, 4.69) is 21.4 Å². The minimum atomic E-state index is -0.928. The number of hydrogen-bond donors (Lipinski definition) is 0. The van der Waals surface area contributed by atoms with Crippen LogP contribution in [-0.2, 0) is 13.0 Å². The molecule has 1 aromatic heterocycles. The Bertz CT molecular complexity index is 921. The summed E-state index contributed by atoms with van der Waals surface area (Å²) in [6.45, 7) is 3.64. The average Bonchev–Trinajstić information content (AvgIpc) is 3.22. The molecule has 0 saturated carbocycles. The van der Waals surface area contributed by atoms with Gasteiger partial charge in [0.2, 0.25) is 0 Å². The highest BCUT2D eigenvalue weighted by Gasteiger charge is 2.29. The number of nitrogens with zero attached hydrogens (tertiary/aromatic N) is 6. The Kier molecular flexibility index (Phi) is 4.71. The van der Waals surface area contributed by atoms with Gasteiger partial charge in [-0.3, -0.25) is 9.80 Å². The third kappa shape index (κ3) is 3.35. The Balaban J connectivity index is 1.58. The zero-order valence-electron chi connectivity index (χ0n) is 15.4. The van der Waals surface area contributed by atoms with E-state index in [0.717, 1.165) is 62.4 Å². The van der Waals surface area contributed by atoms with Crippen LogP contribution in [0.2, 0.25) is 0 Å². The van der Waals surface area contributed by atoms with E-state index in [-0.39, 0.29) is 5.78 Å². The van der Waals surface area contributed by atoms with Gasteiger partial charge in [-0.1, -0.05) is 6.42 Å². The van der Waals surface area contributed by atoms with Crippen LogP contribution in [0.1, 0.15) is 60.5 Å². The van der Waals surface area contributed by atoms with Crippen molar-refractivity contribution in [3.63, 3.8) is 0 Å². The minimum Gasteiger partial charge on any atom is -0.313 e. The zero-order chi connectivity index (χ0) is 18.8. The Morgan fingerprint density at radius 3 is 2.63 bits per heavy atom. The van der Waals surface area contributed by atoms with Crippen molar-refractivity contribution >= 4 is 17.2 Å². The van der Waals surface area contributed by atoms with Crippen LogP contribution in [0.5, 0.6) is 0 Å². The van der Waals surface area contributed by atoms with Crippen LogP contribution in [0.3, 0.4) is 0 Å². The number of hydrogen-bond acceptors (Lipinski definition) is 6. The van der Waals surface area contributed by atoms with Gasteiger partial charge in [0.25, 0.3) is 0 Å². The topological polar surface area (TPSA) is 87.2 Å².